The molecule has 248 valence electrons. The molecule has 0 aromatic heterocycles. The summed E-state index contributed by atoms with van der Waals surface area (Å²) in [5.74, 6) is -2.96. The van der Waals surface area contributed by atoms with E-state index in [-0.39, 0.29) is 35.1 Å². The smallest absolute Gasteiger partial charge is 0.317 e. The SMILES string of the molecule is COC(C)(C)CCCC(C)C/C=C/C1=CC(=O)C(C(=O)OC(C)C)[C@@H](CC(C)CCCC(C)(C)OC)[C@H]1C(=O)OC(C)C. The van der Waals surface area contributed by atoms with Gasteiger partial charge in [0, 0.05) is 14.2 Å². The number of ketones is 1. The first-order chi connectivity index (χ1) is 19.9. The standard InChI is InChI=1S/C36H62O7/c1-24(2)42-33(38)31-28(19-13-16-26(5)17-14-20-35(7,8)40-11)23-30(37)32(34(39)43-25(3)4)29(31)22-27(6)18-15-21-36(9,10)41-12/h13,19,23-27,29,31-32H,14-18,20-22H2,1-12H3/b19-13+/t26?,27?,29-,31-,32?/m0/s1. The van der Waals surface area contributed by atoms with Crippen molar-refractivity contribution in [1.82, 2.24) is 0 Å². The third-order valence-corrected chi connectivity index (χ3v) is 8.62. The number of methoxy groups -OCH3 is 2. The Morgan fingerprint density at radius 1 is 0.791 bits per heavy atom. The second-order valence-electron chi connectivity index (χ2n) is 14.4. The number of carbonyl (C=O) groups is 3. The Labute approximate surface area is 262 Å². The summed E-state index contributed by atoms with van der Waals surface area (Å²) in [7, 11) is 3.46. The summed E-state index contributed by atoms with van der Waals surface area (Å²) in [4.78, 5) is 40.5. The highest BCUT2D eigenvalue weighted by atomic mass is 16.5. The number of esters is 2. The van der Waals surface area contributed by atoms with Crippen molar-refractivity contribution in [2.45, 2.75) is 144 Å². The third kappa shape index (κ3) is 14.1. The number of allylic oxidation sites excluding steroid dienone is 3. The molecule has 7 nitrogen and oxygen atoms in total. The van der Waals surface area contributed by atoms with Gasteiger partial charge in [0.15, 0.2) is 5.78 Å². The molecule has 0 saturated heterocycles. The highest BCUT2D eigenvalue weighted by molar-refractivity contribution is 6.08. The van der Waals surface area contributed by atoms with E-state index in [0.717, 1.165) is 44.9 Å². The molecule has 0 heterocycles. The minimum Gasteiger partial charge on any atom is -0.462 e. The highest BCUT2D eigenvalue weighted by Gasteiger charge is 2.48. The zero-order chi connectivity index (χ0) is 33.0. The Bertz CT molecular complexity index is 943. The van der Waals surface area contributed by atoms with Crippen LogP contribution in [-0.4, -0.2) is 55.4 Å². The Kier molecular flexibility index (Phi) is 16.4. The van der Waals surface area contributed by atoms with Gasteiger partial charge in [-0.15, -0.1) is 0 Å². The molecule has 0 aliphatic heterocycles. The quantitative estimate of drug-likeness (QED) is 0.109. The molecule has 7 heteroatoms. The second kappa shape index (κ2) is 18.1. The fourth-order valence-electron chi connectivity index (χ4n) is 5.72. The first-order valence-electron chi connectivity index (χ1n) is 16.4. The van der Waals surface area contributed by atoms with Gasteiger partial charge in [-0.05, 0) is 110 Å². The van der Waals surface area contributed by atoms with E-state index < -0.39 is 29.7 Å². The van der Waals surface area contributed by atoms with Gasteiger partial charge in [0.05, 0.1) is 29.3 Å². The Balaban J connectivity index is 3.28. The van der Waals surface area contributed by atoms with Crippen molar-refractivity contribution < 1.29 is 33.3 Å². The monoisotopic (exact) mass is 606 g/mol. The molecule has 0 amide bonds. The predicted molar refractivity (Wildman–Crippen MR) is 173 cm³/mol. The van der Waals surface area contributed by atoms with Gasteiger partial charge in [-0.25, -0.2) is 0 Å². The molecular weight excluding hydrogens is 544 g/mol. The summed E-state index contributed by atoms with van der Waals surface area (Å²) in [6, 6.07) is 0. The fourth-order valence-corrected chi connectivity index (χ4v) is 5.72. The lowest BCUT2D eigenvalue weighted by Gasteiger charge is -2.36. The van der Waals surface area contributed by atoms with E-state index in [1.54, 1.807) is 28.1 Å². The molecule has 1 rings (SSSR count). The summed E-state index contributed by atoms with van der Waals surface area (Å²) in [6.45, 7) is 19.8. The first-order valence-corrected chi connectivity index (χ1v) is 16.4. The topological polar surface area (TPSA) is 88.1 Å². The van der Waals surface area contributed by atoms with Crippen molar-refractivity contribution >= 4 is 17.7 Å². The largest absolute Gasteiger partial charge is 0.462 e. The summed E-state index contributed by atoms with van der Waals surface area (Å²) < 4.78 is 22.4. The van der Waals surface area contributed by atoms with Crippen LogP contribution in [0.15, 0.2) is 23.8 Å². The van der Waals surface area contributed by atoms with Gasteiger partial charge in [-0.2, -0.15) is 0 Å². The van der Waals surface area contributed by atoms with Crippen molar-refractivity contribution in [3.63, 3.8) is 0 Å². The highest BCUT2D eigenvalue weighted by Crippen LogP contribution is 2.41. The van der Waals surface area contributed by atoms with Gasteiger partial charge < -0.3 is 18.9 Å². The van der Waals surface area contributed by atoms with Crippen molar-refractivity contribution in [1.29, 1.82) is 0 Å². The molecule has 5 atom stereocenters. The molecule has 0 N–H and O–H groups in total. The van der Waals surface area contributed by atoms with Crippen LogP contribution in [0.4, 0.5) is 0 Å². The maximum absolute atomic E-state index is 13.7. The molecule has 0 aromatic carbocycles. The minimum absolute atomic E-state index is 0.133. The van der Waals surface area contributed by atoms with Crippen LogP contribution in [0.25, 0.3) is 0 Å². The number of hydrogen-bond donors (Lipinski definition) is 0. The maximum Gasteiger partial charge on any atom is 0.317 e. The molecule has 43 heavy (non-hydrogen) atoms. The minimum atomic E-state index is -1.04. The fraction of sp³-hybridized carbons (Fsp3) is 0.806. The van der Waals surface area contributed by atoms with E-state index in [1.165, 1.54) is 6.08 Å². The average Bonchev–Trinajstić information content (AvgIpc) is 2.87. The van der Waals surface area contributed by atoms with Gasteiger partial charge in [0.1, 0.15) is 5.92 Å². The molecule has 3 unspecified atom stereocenters. The number of ether oxygens (including phenoxy) is 4. The molecule has 0 bridgehead atoms. The van der Waals surface area contributed by atoms with Crippen LogP contribution < -0.4 is 0 Å². The van der Waals surface area contributed by atoms with Crippen molar-refractivity contribution in [3.8, 4) is 0 Å². The summed E-state index contributed by atoms with van der Waals surface area (Å²) >= 11 is 0. The van der Waals surface area contributed by atoms with Crippen molar-refractivity contribution in [2.24, 2.45) is 29.6 Å². The van der Waals surface area contributed by atoms with Crippen LogP contribution >= 0.6 is 0 Å². The predicted octanol–water partition coefficient (Wildman–Crippen LogP) is 8.05. The molecule has 0 spiro atoms. The van der Waals surface area contributed by atoms with Crippen LogP contribution in [0.3, 0.4) is 0 Å². The van der Waals surface area contributed by atoms with Crippen LogP contribution in [0.5, 0.6) is 0 Å². The summed E-state index contributed by atoms with van der Waals surface area (Å²) in [6.07, 6.45) is 11.9. The van der Waals surface area contributed by atoms with Gasteiger partial charge in [-0.3, -0.25) is 14.4 Å². The molecule has 0 radical (unpaired) electrons. The van der Waals surface area contributed by atoms with E-state index in [0.29, 0.717) is 17.9 Å². The molecule has 0 saturated carbocycles. The second-order valence-corrected chi connectivity index (χ2v) is 14.4. The lowest BCUT2D eigenvalue weighted by atomic mass is 9.67. The number of hydrogen-bond acceptors (Lipinski definition) is 7. The Morgan fingerprint density at radius 3 is 1.72 bits per heavy atom. The molecule has 1 aliphatic carbocycles. The summed E-state index contributed by atoms with van der Waals surface area (Å²) in [5, 5.41) is 0. The van der Waals surface area contributed by atoms with Gasteiger partial charge in [0.2, 0.25) is 0 Å². The first kappa shape index (κ1) is 39.0. The maximum atomic E-state index is 13.7. The van der Waals surface area contributed by atoms with Crippen LogP contribution in [-0.2, 0) is 33.3 Å². The van der Waals surface area contributed by atoms with Gasteiger partial charge in [0.25, 0.3) is 0 Å². The van der Waals surface area contributed by atoms with Crippen molar-refractivity contribution in [2.75, 3.05) is 14.2 Å². The lowest BCUT2D eigenvalue weighted by molar-refractivity contribution is -0.162. The summed E-state index contributed by atoms with van der Waals surface area (Å²) in [5.41, 5.74) is 0.271. The Hall–Kier alpha value is -1.99. The molecule has 0 aromatic rings. The van der Waals surface area contributed by atoms with Crippen LogP contribution in [0.1, 0.15) is 121 Å². The average molecular weight is 607 g/mol. The van der Waals surface area contributed by atoms with Crippen molar-refractivity contribution in [3.05, 3.63) is 23.8 Å². The molecule has 0 fully saturated rings. The zero-order valence-electron chi connectivity index (χ0n) is 29.3. The van der Waals surface area contributed by atoms with E-state index in [9.17, 15) is 14.4 Å². The molecular formula is C36H62O7. The van der Waals surface area contributed by atoms with E-state index in [1.807, 2.05) is 19.9 Å². The van der Waals surface area contributed by atoms with E-state index >= 15 is 0 Å². The lowest BCUT2D eigenvalue weighted by Crippen LogP contribution is -2.44. The van der Waals surface area contributed by atoms with Crippen LogP contribution in [0.2, 0.25) is 0 Å². The third-order valence-electron chi connectivity index (χ3n) is 8.62. The molecule has 1 aliphatic rings. The van der Waals surface area contributed by atoms with Gasteiger partial charge in [-0.1, -0.05) is 51.7 Å². The van der Waals surface area contributed by atoms with Gasteiger partial charge >= 0.3 is 11.9 Å². The van der Waals surface area contributed by atoms with E-state index in [4.69, 9.17) is 18.9 Å². The number of carbonyl (C=O) groups excluding carboxylic acids is 3. The van der Waals surface area contributed by atoms with Crippen LogP contribution in [0, 0.1) is 29.6 Å². The zero-order valence-corrected chi connectivity index (χ0v) is 29.3. The van der Waals surface area contributed by atoms with E-state index in [2.05, 4.69) is 47.6 Å². The number of rotatable bonds is 19. The Morgan fingerprint density at radius 2 is 1.26 bits per heavy atom. The normalized spacial score (nSPS) is 21.3.